The van der Waals surface area contributed by atoms with Crippen LogP contribution in [-0.2, 0) is 14.8 Å². The molecule has 1 aromatic rings. The second kappa shape index (κ2) is 7.21. The van der Waals surface area contributed by atoms with Gasteiger partial charge in [0.15, 0.2) is 0 Å². The molecule has 0 unspecified atom stereocenters. The van der Waals surface area contributed by atoms with Gasteiger partial charge in [-0.15, -0.1) is 12.4 Å². The fourth-order valence-corrected chi connectivity index (χ4v) is 3.29. The van der Waals surface area contributed by atoms with E-state index in [4.69, 9.17) is 0 Å². The first kappa shape index (κ1) is 17.9. The lowest BCUT2D eigenvalue weighted by Gasteiger charge is -2.29. The molecule has 0 atom stereocenters. The summed E-state index contributed by atoms with van der Waals surface area (Å²) in [7, 11) is -2.28. The minimum atomic E-state index is -3.68. The molecule has 21 heavy (non-hydrogen) atoms. The summed E-state index contributed by atoms with van der Waals surface area (Å²) in [4.78, 5) is 13.9. The van der Waals surface area contributed by atoms with E-state index >= 15 is 0 Å². The Hall–Kier alpha value is -1.16. The molecule has 0 spiro atoms. The summed E-state index contributed by atoms with van der Waals surface area (Å²) < 4.78 is 25.7. The molecule has 1 fully saturated rings. The van der Waals surface area contributed by atoms with Crippen molar-refractivity contribution in [3.8, 4) is 0 Å². The summed E-state index contributed by atoms with van der Waals surface area (Å²) >= 11 is 0. The Kier molecular flexibility index (Phi) is 6.14. The summed E-state index contributed by atoms with van der Waals surface area (Å²) in [5.74, 6) is -0.182. The Labute approximate surface area is 130 Å². The zero-order valence-electron chi connectivity index (χ0n) is 12.0. The van der Waals surface area contributed by atoms with Crippen molar-refractivity contribution in [3.05, 3.63) is 11.9 Å². The van der Waals surface area contributed by atoms with Crippen LogP contribution in [0.4, 0.5) is 0 Å². The second-order valence-electron chi connectivity index (χ2n) is 4.75. The first-order valence-electron chi connectivity index (χ1n) is 6.37. The molecule has 1 aromatic heterocycles. The molecule has 0 bridgehead atoms. The van der Waals surface area contributed by atoms with Gasteiger partial charge in [-0.2, -0.15) is 9.40 Å². The smallest absolute Gasteiger partial charge is 0.246 e. The number of sulfonamides is 1. The number of nitrogens with one attached hydrogen (secondary N) is 2. The van der Waals surface area contributed by atoms with E-state index in [1.54, 1.807) is 11.8 Å². The minimum Gasteiger partial charge on any atom is -0.339 e. The third kappa shape index (κ3) is 3.94. The minimum absolute atomic E-state index is 0. The summed E-state index contributed by atoms with van der Waals surface area (Å²) in [6.45, 7) is 4.17. The maximum Gasteiger partial charge on any atom is 0.246 e. The third-order valence-corrected chi connectivity index (χ3v) is 5.22. The number of halogens is 1. The van der Waals surface area contributed by atoms with E-state index in [9.17, 15) is 13.2 Å². The van der Waals surface area contributed by atoms with Gasteiger partial charge in [-0.3, -0.25) is 9.89 Å². The number of nitrogens with zero attached hydrogens (tertiary/aromatic N) is 3. The molecule has 2 rings (SSSR count). The molecule has 8 nitrogen and oxygen atoms in total. The van der Waals surface area contributed by atoms with Crippen LogP contribution in [0.1, 0.15) is 5.69 Å². The number of piperazine rings is 1. The predicted octanol–water partition coefficient (Wildman–Crippen LogP) is -0.808. The maximum absolute atomic E-state index is 12.3. The largest absolute Gasteiger partial charge is 0.339 e. The van der Waals surface area contributed by atoms with Gasteiger partial charge < -0.3 is 10.2 Å². The Bertz CT molecular complexity index is 582. The van der Waals surface area contributed by atoms with Gasteiger partial charge in [0, 0.05) is 33.2 Å². The number of likely N-dealkylation sites (N-methyl/N-ethyl adjacent to an activating group) is 1. The number of hydrogen-bond acceptors (Lipinski definition) is 5. The van der Waals surface area contributed by atoms with Crippen LogP contribution in [-0.4, -0.2) is 73.5 Å². The van der Waals surface area contributed by atoms with Gasteiger partial charge in [0.25, 0.3) is 0 Å². The number of carbonyl (C=O) groups excluding carboxylic acids is 1. The van der Waals surface area contributed by atoms with E-state index in [-0.39, 0.29) is 29.8 Å². The van der Waals surface area contributed by atoms with Crippen LogP contribution in [0.15, 0.2) is 11.1 Å². The molecule has 1 amide bonds. The number of aryl methyl sites for hydroxylation is 1. The molecule has 1 saturated heterocycles. The highest BCUT2D eigenvalue weighted by Gasteiger charge is 2.27. The van der Waals surface area contributed by atoms with Crippen LogP contribution in [0.2, 0.25) is 0 Å². The first-order chi connectivity index (χ1) is 9.43. The van der Waals surface area contributed by atoms with Crippen LogP contribution in [0.3, 0.4) is 0 Å². The van der Waals surface area contributed by atoms with Gasteiger partial charge in [0.05, 0.1) is 18.4 Å². The highest BCUT2D eigenvalue weighted by Crippen LogP contribution is 2.16. The number of H-pyrrole nitrogens is 1. The topological polar surface area (TPSA) is 98.4 Å². The molecule has 0 aliphatic carbocycles. The van der Waals surface area contributed by atoms with Gasteiger partial charge in [-0.25, -0.2) is 8.42 Å². The fourth-order valence-electron chi connectivity index (χ4n) is 2.06. The van der Waals surface area contributed by atoms with Crippen LogP contribution in [0.5, 0.6) is 0 Å². The molecule has 0 aromatic carbocycles. The number of aromatic amines is 1. The molecular weight excluding hydrogens is 318 g/mol. The molecule has 0 saturated carbocycles. The quantitative estimate of drug-likeness (QED) is 0.749. The Morgan fingerprint density at radius 1 is 1.43 bits per heavy atom. The van der Waals surface area contributed by atoms with Crippen molar-refractivity contribution >= 4 is 28.3 Å². The second-order valence-corrected chi connectivity index (χ2v) is 6.76. The summed E-state index contributed by atoms with van der Waals surface area (Å²) in [6.07, 6.45) is 1.26. The number of rotatable bonds is 4. The van der Waals surface area contributed by atoms with Gasteiger partial charge in [0.1, 0.15) is 4.90 Å². The predicted molar refractivity (Wildman–Crippen MR) is 79.8 cm³/mol. The Balaban J connectivity index is 0.00000220. The monoisotopic (exact) mass is 337 g/mol. The third-order valence-electron chi connectivity index (χ3n) is 3.30. The molecular formula is C11H20ClN5O3S. The van der Waals surface area contributed by atoms with Crippen molar-refractivity contribution in [1.82, 2.24) is 24.7 Å². The number of amides is 1. The van der Waals surface area contributed by atoms with E-state index in [0.29, 0.717) is 18.8 Å². The van der Waals surface area contributed by atoms with Gasteiger partial charge >= 0.3 is 0 Å². The molecule has 1 aliphatic heterocycles. The molecule has 0 radical (unpaired) electrons. The zero-order chi connectivity index (χ0) is 14.8. The normalized spacial score (nSPS) is 15.9. The van der Waals surface area contributed by atoms with Crippen LogP contribution in [0, 0.1) is 6.92 Å². The number of carbonyl (C=O) groups is 1. The van der Waals surface area contributed by atoms with Crippen molar-refractivity contribution in [2.45, 2.75) is 11.8 Å². The lowest BCUT2D eigenvalue weighted by Crippen LogP contribution is -2.49. The zero-order valence-corrected chi connectivity index (χ0v) is 13.6. The number of aromatic nitrogens is 2. The van der Waals surface area contributed by atoms with Crippen molar-refractivity contribution in [2.24, 2.45) is 0 Å². The Morgan fingerprint density at radius 2 is 2.05 bits per heavy atom. The highest BCUT2D eigenvalue weighted by atomic mass is 35.5. The van der Waals surface area contributed by atoms with Crippen molar-refractivity contribution in [2.75, 3.05) is 39.8 Å². The van der Waals surface area contributed by atoms with E-state index < -0.39 is 10.0 Å². The maximum atomic E-state index is 12.3. The van der Waals surface area contributed by atoms with Gasteiger partial charge in [-0.1, -0.05) is 0 Å². The van der Waals surface area contributed by atoms with Crippen LogP contribution >= 0.6 is 12.4 Å². The van der Waals surface area contributed by atoms with E-state index in [2.05, 4.69) is 15.5 Å². The van der Waals surface area contributed by atoms with Gasteiger partial charge in [-0.05, 0) is 6.92 Å². The number of hydrogen-bond donors (Lipinski definition) is 2. The molecule has 10 heteroatoms. The van der Waals surface area contributed by atoms with E-state index in [1.165, 1.54) is 13.2 Å². The lowest BCUT2D eigenvalue weighted by atomic mass is 10.3. The summed E-state index contributed by atoms with van der Waals surface area (Å²) in [5, 5.41) is 9.44. The Morgan fingerprint density at radius 3 is 2.57 bits per heavy atom. The molecule has 2 N–H and O–H groups in total. The van der Waals surface area contributed by atoms with Crippen LogP contribution < -0.4 is 5.32 Å². The van der Waals surface area contributed by atoms with E-state index in [0.717, 1.165) is 17.4 Å². The first-order valence-corrected chi connectivity index (χ1v) is 7.81. The van der Waals surface area contributed by atoms with Crippen LogP contribution in [0.25, 0.3) is 0 Å². The van der Waals surface area contributed by atoms with E-state index in [1.807, 2.05) is 0 Å². The molecule has 2 heterocycles. The molecule has 1 aliphatic rings. The average Bonchev–Trinajstić information content (AvgIpc) is 2.86. The summed E-state index contributed by atoms with van der Waals surface area (Å²) in [6, 6.07) is 0. The van der Waals surface area contributed by atoms with Crippen molar-refractivity contribution in [3.63, 3.8) is 0 Å². The van der Waals surface area contributed by atoms with Crippen molar-refractivity contribution in [1.29, 1.82) is 0 Å². The molecule has 120 valence electrons. The standard InChI is InChI=1S/C11H19N5O3S.ClH/c1-9-10(7-13-14-9)20(18,19)15(2)8-11(17)16-5-3-12-4-6-16;/h7,12H,3-6,8H2,1-2H3,(H,13,14);1H. The average molecular weight is 338 g/mol. The fraction of sp³-hybridized carbons (Fsp3) is 0.636. The summed E-state index contributed by atoms with van der Waals surface area (Å²) in [5.41, 5.74) is 0.464. The SMILES string of the molecule is Cc1[nH]ncc1S(=O)(=O)N(C)CC(=O)N1CCNCC1.Cl. The van der Waals surface area contributed by atoms with Gasteiger partial charge in [0.2, 0.25) is 15.9 Å². The lowest BCUT2D eigenvalue weighted by molar-refractivity contribution is -0.131. The highest BCUT2D eigenvalue weighted by molar-refractivity contribution is 7.89. The van der Waals surface area contributed by atoms with Crippen molar-refractivity contribution < 1.29 is 13.2 Å².